The summed E-state index contributed by atoms with van der Waals surface area (Å²) >= 11 is 1.41. The summed E-state index contributed by atoms with van der Waals surface area (Å²) in [5.41, 5.74) is 1.90. The van der Waals surface area contributed by atoms with Crippen molar-refractivity contribution in [1.29, 1.82) is 0 Å². The van der Waals surface area contributed by atoms with Crippen LogP contribution in [0.4, 0.5) is 0 Å². The van der Waals surface area contributed by atoms with Crippen molar-refractivity contribution in [3.63, 3.8) is 0 Å². The molecule has 6 nitrogen and oxygen atoms in total. The molecule has 1 N–H and O–H groups in total. The molecule has 1 fully saturated rings. The molecule has 166 valence electrons. The third kappa shape index (κ3) is 4.62. The second kappa shape index (κ2) is 9.87. The highest BCUT2D eigenvalue weighted by atomic mass is 32.1. The predicted molar refractivity (Wildman–Crippen MR) is 124 cm³/mol. The van der Waals surface area contributed by atoms with Gasteiger partial charge in [0, 0.05) is 31.1 Å². The Morgan fingerprint density at radius 3 is 2.53 bits per heavy atom. The Morgan fingerprint density at radius 2 is 1.84 bits per heavy atom. The van der Waals surface area contributed by atoms with Gasteiger partial charge in [0.2, 0.25) is 5.91 Å². The van der Waals surface area contributed by atoms with E-state index in [-0.39, 0.29) is 17.7 Å². The van der Waals surface area contributed by atoms with E-state index in [0.717, 1.165) is 11.1 Å². The minimum absolute atomic E-state index is 0.0507. The molecule has 2 atom stereocenters. The number of hydrogen-bond acceptors (Lipinski definition) is 5. The van der Waals surface area contributed by atoms with Crippen molar-refractivity contribution in [3.8, 4) is 11.5 Å². The van der Waals surface area contributed by atoms with Crippen molar-refractivity contribution in [1.82, 2.24) is 10.2 Å². The Bertz CT molecular complexity index is 1070. The van der Waals surface area contributed by atoms with Gasteiger partial charge in [-0.15, -0.1) is 11.3 Å². The van der Waals surface area contributed by atoms with Gasteiger partial charge >= 0.3 is 0 Å². The van der Waals surface area contributed by atoms with E-state index < -0.39 is 5.92 Å². The number of carbonyl (C=O) groups is 2. The maximum Gasteiger partial charge on any atom is 0.263 e. The van der Waals surface area contributed by atoms with Crippen LogP contribution in [-0.4, -0.2) is 44.0 Å². The average molecular weight is 451 g/mol. The van der Waals surface area contributed by atoms with Crippen molar-refractivity contribution in [2.75, 3.05) is 27.3 Å². The van der Waals surface area contributed by atoms with Crippen LogP contribution in [0.25, 0.3) is 0 Å². The van der Waals surface area contributed by atoms with Crippen LogP contribution in [-0.2, 0) is 11.3 Å². The second-order valence-corrected chi connectivity index (χ2v) is 8.66. The van der Waals surface area contributed by atoms with Gasteiger partial charge in [0.1, 0.15) is 11.5 Å². The van der Waals surface area contributed by atoms with Gasteiger partial charge in [0.15, 0.2) is 0 Å². The summed E-state index contributed by atoms with van der Waals surface area (Å²) in [4.78, 5) is 28.8. The molecule has 2 amide bonds. The molecule has 1 saturated heterocycles. The Kier molecular flexibility index (Phi) is 6.75. The van der Waals surface area contributed by atoms with E-state index in [9.17, 15) is 9.59 Å². The van der Waals surface area contributed by atoms with Gasteiger partial charge in [-0.2, -0.15) is 0 Å². The Hall–Kier alpha value is -3.32. The first kappa shape index (κ1) is 21.9. The van der Waals surface area contributed by atoms with E-state index in [1.54, 1.807) is 19.1 Å². The molecule has 0 radical (unpaired) electrons. The summed E-state index contributed by atoms with van der Waals surface area (Å²) in [6.45, 7) is 1.23. The summed E-state index contributed by atoms with van der Waals surface area (Å²) in [5.74, 6) is 0.633. The van der Waals surface area contributed by atoms with Crippen LogP contribution in [0.2, 0.25) is 0 Å². The number of nitrogens with zero attached hydrogens (tertiary/aromatic N) is 1. The molecular formula is C25H26N2O4S. The molecule has 0 aliphatic carbocycles. The molecule has 2 aromatic carbocycles. The Morgan fingerprint density at radius 1 is 1.03 bits per heavy atom. The third-order valence-electron chi connectivity index (χ3n) is 5.82. The molecule has 0 saturated carbocycles. The number of likely N-dealkylation sites (tertiary alicyclic amines) is 1. The van der Waals surface area contributed by atoms with Gasteiger partial charge in [0.25, 0.3) is 5.91 Å². The molecule has 0 unspecified atom stereocenters. The van der Waals surface area contributed by atoms with Crippen molar-refractivity contribution >= 4 is 23.2 Å². The molecule has 1 aromatic heterocycles. The fourth-order valence-corrected chi connectivity index (χ4v) is 4.84. The van der Waals surface area contributed by atoms with Crippen LogP contribution in [0.15, 0.2) is 66.0 Å². The highest BCUT2D eigenvalue weighted by Gasteiger charge is 2.42. The van der Waals surface area contributed by atoms with Gasteiger partial charge in [-0.25, -0.2) is 0 Å². The van der Waals surface area contributed by atoms with E-state index in [0.29, 0.717) is 36.0 Å². The number of rotatable bonds is 7. The zero-order valence-electron chi connectivity index (χ0n) is 18.1. The first-order valence-corrected chi connectivity index (χ1v) is 11.3. The van der Waals surface area contributed by atoms with Gasteiger partial charge < -0.3 is 19.7 Å². The number of carbonyl (C=O) groups excluding carboxylic acids is 2. The highest BCUT2D eigenvalue weighted by molar-refractivity contribution is 7.12. The van der Waals surface area contributed by atoms with E-state index >= 15 is 0 Å². The van der Waals surface area contributed by atoms with Crippen LogP contribution in [0, 0.1) is 5.92 Å². The molecular weight excluding hydrogens is 424 g/mol. The maximum atomic E-state index is 13.3. The van der Waals surface area contributed by atoms with E-state index in [1.807, 2.05) is 66.0 Å². The predicted octanol–water partition coefficient (Wildman–Crippen LogP) is 3.94. The van der Waals surface area contributed by atoms with Gasteiger partial charge in [0.05, 0.1) is 25.0 Å². The molecule has 0 bridgehead atoms. The molecule has 3 aromatic rings. The maximum absolute atomic E-state index is 13.3. The van der Waals surface area contributed by atoms with Crippen LogP contribution in [0.3, 0.4) is 0 Å². The number of hydrogen-bond donors (Lipinski definition) is 1. The molecule has 32 heavy (non-hydrogen) atoms. The van der Waals surface area contributed by atoms with Gasteiger partial charge in [-0.05, 0) is 35.2 Å². The summed E-state index contributed by atoms with van der Waals surface area (Å²) in [6, 6.07) is 19.0. The first-order valence-electron chi connectivity index (χ1n) is 10.5. The van der Waals surface area contributed by atoms with Crippen molar-refractivity contribution in [2.24, 2.45) is 5.92 Å². The normalized spacial score (nSPS) is 17.8. The van der Waals surface area contributed by atoms with Crippen LogP contribution >= 0.6 is 11.3 Å². The molecule has 0 spiro atoms. The van der Waals surface area contributed by atoms with Gasteiger partial charge in [-0.1, -0.05) is 36.4 Å². The average Bonchev–Trinajstić information content (AvgIpc) is 3.53. The molecule has 2 heterocycles. The van der Waals surface area contributed by atoms with Crippen LogP contribution < -0.4 is 14.8 Å². The standard InChI is InChI=1S/C25H26N2O4S/c1-30-18-10-11-22(31-2)19(13-18)20-15-27(25(29)23-9-6-12-32-23)16-21(20)24(28)26-14-17-7-4-3-5-8-17/h3-13,20-21H,14-16H2,1-2H3,(H,26,28)/t20-,21+/m1/s1. The minimum atomic E-state index is -0.399. The monoisotopic (exact) mass is 450 g/mol. The minimum Gasteiger partial charge on any atom is -0.497 e. The lowest BCUT2D eigenvalue weighted by Crippen LogP contribution is -2.35. The molecule has 7 heteroatoms. The Balaban J connectivity index is 1.61. The lowest BCUT2D eigenvalue weighted by atomic mass is 9.87. The summed E-state index contributed by atoms with van der Waals surface area (Å²) in [6.07, 6.45) is 0. The van der Waals surface area contributed by atoms with Crippen LogP contribution in [0.5, 0.6) is 11.5 Å². The van der Waals surface area contributed by atoms with Crippen molar-refractivity contribution in [2.45, 2.75) is 12.5 Å². The molecule has 1 aliphatic rings. The number of ether oxygens (including phenoxy) is 2. The third-order valence-corrected chi connectivity index (χ3v) is 6.68. The smallest absolute Gasteiger partial charge is 0.263 e. The number of benzene rings is 2. The van der Waals surface area contributed by atoms with Gasteiger partial charge in [-0.3, -0.25) is 9.59 Å². The van der Waals surface area contributed by atoms with Crippen LogP contribution in [0.1, 0.15) is 26.7 Å². The SMILES string of the molecule is COc1ccc(OC)c([C@H]2CN(C(=O)c3cccs3)C[C@@H]2C(=O)NCc2ccccc2)c1. The van der Waals surface area contributed by atoms with E-state index in [2.05, 4.69) is 5.32 Å². The summed E-state index contributed by atoms with van der Waals surface area (Å²) < 4.78 is 11.0. The zero-order valence-corrected chi connectivity index (χ0v) is 18.9. The second-order valence-electron chi connectivity index (χ2n) is 7.71. The molecule has 4 rings (SSSR count). The topological polar surface area (TPSA) is 67.9 Å². The lowest BCUT2D eigenvalue weighted by Gasteiger charge is -2.21. The van der Waals surface area contributed by atoms with Crippen molar-refractivity contribution < 1.29 is 19.1 Å². The van der Waals surface area contributed by atoms with E-state index in [4.69, 9.17) is 9.47 Å². The first-order chi connectivity index (χ1) is 15.6. The van der Waals surface area contributed by atoms with E-state index in [1.165, 1.54) is 11.3 Å². The fourth-order valence-electron chi connectivity index (χ4n) is 4.15. The number of methoxy groups -OCH3 is 2. The Labute approximate surface area is 191 Å². The zero-order chi connectivity index (χ0) is 22.5. The van der Waals surface area contributed by atoms with Crippen molar-refractivity contribution in [3.05, 3.63) is 82.0 Å². The number of amides is 2. The quantitative estimate of drug-likeness (QED) is 0.592. The fraction of sp³-hybridized carbons (Fsp3) is 0.280. The summed E-state index contributed by atoms with van der Waals surface area (Å²) in [7, 11) is 3.22. The largest absolute Gasteiger partial charge is 0.497 e. The number of nitrogens with one attached hydrogen (secondary N) is 1. The highest BCUT2D eigenvalue weighted by Crippen LogP contribution is 2.40. The lowest BCUT2D eigenvalue weighted by molar-refractivity contribution is -0.125. The number of thiophene rings is 1. The molecule has 1 aliphatic heterocycles. The summed E-state index contributed by atoms with van der Waals surface area (Å²) in [5, 5.41) is 4.94.